The highest BCUT2D eigenvalue weighted by molar-refractivity contribution is 9.10. The van der Waals surface area contributed by atoms with Crippen molar-refractivity contribution in [1.82, 2.24) is 15.2 Å². The molecule has 106 valence electrons. The standard InChI is InChI=1S/C15H24BrN3/c1-13-6-10-19(11-7-13)9-3-8-17-12-14-4-2-5-15(16)18-14/h2,4-5,13,17H,3,6-12H2,1H3. The van der Waals surface area contributed by atoms with Crippen LogP contribution in [0.2, 0.25) is 0 Å². The van der Waals surface area contributed by atoms with Crippen LogP contribution in [0.5, 0.6) is 0 Å². The summed E-state index contributed by atoms with van der Waals surface area (Å²) in [6.07, 6.45) is 3.97. The molecule has 1 N–H and O–H groups in total. The SMILES string of the molecule is CC1CCN(CCCNCc2cccc(Br)n2)CC1. The predicted molar refractivity (Wildman–Crippen MR) is 83.1 cm³/mol. The molecule has 0 atom stereocenters. The third-order valence-corrected chi connectivity index (χ3v) is 4.22. The van der Waals surface area contributed by atoms with Crippen molar-refractivity contribution >= 4 is 15.9 Å². The van der Waals surface area contributed by atoms with Crippen LogP contribution in [0.15, 0.2) is 22.8 Å². The van der Waals surface area contributed by atoms with Crippen LogP contribution in [-0.4, -0.2) is 36.1 Å². The molecule has 0 aliphatic carbocycles. The number of rotatable bonds is 6. The monoisotopic (exact) mass is 325 g/mol. The van der Waals surface area contributed by atoms with Gasteiger partial charge in [-0.25, -0.2) is 4.98 Å². The second-order valence-corrected chi connectivity index (χ2v) is 6.32. The number of halogens is 1. The van der Waals surface area contributed by atoms with Crippen LogP contribution in [0.1, 0.15) is 31.9 Å². The van der Waals surface area contributed by atoms with E-state index in [0.29, 0.717) is 0 Å². The maximum absolute atomic E-state index is 4.41. The Hall–Kier alpha value is -0.450. The van der Waals surface area contributed by atoms with E-state index in [1.807, 2.05) is 12.1 Å². The fourth-order valence-corrected chi connectivity index (χ4v) is 2.86. The Kier molecular flexibility index (Phi) is 6.28. The van der Waals surface area contributed by atoms with E-state index in [2.05, 4.69) is 44.1 Å². The van der Waals surface area contributed by atoms with E-state index < -0.39 is 0 Å². The van der Waals surface area contributed by atoms with E-state index in [0.717, 1.165) is 29.3 Å². The number of hydrogen-bond donors (Lipinski definition) is 1. The van der Waals surface area contributed by atoms with Crippen molar-refractivity contribution in [3.63, 3.8) is 0 Å². The Bertz CT molecular complexity index is 375. The first kappa shape index (κ1) is 14.9. The van der Waals surface area contributed by atoms with Gasteiger partial charge in [0.1, 0.15) is 4.60 Å². The van der Waals surface area contributed by atoms with E-state index >= 15 is 0 Å². The summed E-state index contributed by atoms with van der Waals surface area (Å²) in [6, 6.07) is 6.05. The molecule has 2 heterocycles. The second-order valence-electron chi connectivity index (χ2n) is 5.51. The molecule has 1 fully saturated rings. The summed E-state index contributed by atoms with van der Waals surface area (Å²) in [6.45, 7) is 8.09. The Labute approximate surface area is 124 Å². The van der Waals surface area contributed by atoms with E-state index in [4.69, 9.17) is 0 Å². The first-order valence-corrected chi connectivity index (χ1v) is 8.08. The smallest absolute Gasteiger partial charge is 0.106 e. The summed E-state index contributed by atoms with van der Waals surface area (Å²) in [5.74, 6) is 0.928. The van der Waals surface area contributed by atoms with E-state index in [9.17, 15) is 0 Å². The number of pyridine rings is 1. The third kappa shape index (κ3) is 5.59. The normalized spacial score (nSPS) is 17.8. The topological polar surface area (TPSA) is 28.2 Å². The number of nitrogens with zero attached hydrogens (tertiary/aromatic N) is 2. The molecule has 4 heteroatoms. The van der Waals surface area contributed by atoms with Gasteiger partial charge in [0.2, 0.25) is 0 Å². The summed E-state index contributed by atoms with van der Waals surface area (Å²) in [5, 5.41) is 3.47. The Morgan fingerprint density at radius 3 is 2.89 bits per heavy atom. The molecule has 0 unspecified atom stereocenters. The largest absolute Gasteiger partial charge is 0.311 e. The van der Waals surface area contributed by atoms with Gasteiger partial charge in [-0.05, 0) is 79.4 Å². The molecule has 0 aromatic carbocycles. The number of aromatic nitrogens is 1. The van der Waals surface area contributed by atoms with Crippen molar-refractivity contribution < 1.29 is 0 Å². The molecular weight excluding hydrogens is 302 g/mol. The third-order valence-electron chi connectivity index (χ3n) is 3.78. The van der Waals surface area contributed by atoms with Crippen LogP contribution in [-0.2, 0) is 6.54 Å². The first-order valence-electron chi connectivity index (χ1n) is 7.28. The van der Waals surface area contributed by atoms with E-state index in [-0.39, 0.29) is 0 Å². The maximum Gasteiger partial charge on any atom is 0.106 e. The average Bonchev–Trinajstić information content (AvgIpc) is 2.41. The number of likely N-dealkylation sites (tertiary alicyclic amines) is 1. The van der Waals surface area contributed by atoms with Crippen LogP contribution in [0.3, 0.4) is 0 Å². The minimum absolute atomic E-state index is 0.858. The van der Waals surface area contributed by atoms with Crippen LogP contribution < -0.4 is 5.32 Å². The van der Waals surface area contributed by atoms with Crippen molar-refractivity contribution in [1.29, 1.82) is 0 Å². The lowest BCUT2D eigenvalue weighted by molar-refractivity contribution is 0.190. The summed E-state index contributed by atoms with van der Waals surface area (Å²) in [7, 11) is 0. The fourth-order valence-electron chi connectivity index (χ4n) is 2.48. The van der Waals surface area contributed by atoms with Crippen molar-refractivity contribution in [2.45, 2.75) is 32.7 Å². The first-order chi connectivity index (χ1) is 9.24. The predicted octanol–water partition coefficient (Wildman–Crippen LogP) is 3.06. The van der Waals surface area contributed by atoms with Crippen LogP contribution in [0.4, 0.5) is 0 Å². The minimum Gasteiger partial charge on any atom is -0.311 e. The van der Waals surface area contributed by atoms with Crippen LogP contribution >= 0.6 is 15.9 Å². The van der Waals surface area contributed by atoms with E-state index in [1.54, 1.807) is 0 Å². The zero-order chi connectivity index (χ0) is 13.5. The second kappa shape index (κ2) is 7.98. The molecule has 0 saturated carbocycles. The lowest BCUT2D eigenvalue weighted by atomic mass is 9.99. The van der Waals surface area contributed by atoms with Crippen molar-refractivity contribution in [3.8, 4) is 0 Å². The summed E-state index contributed by atoms with van der Waals surface area (Å²) in [4.78, 5) is 7.01. The number of piperidine rings is 1. The Balaban J connectivity index is 1.55. The molecule has 3 nitrogen and oxygen atoms in total. The van der Waals surface area contributed by atoms with E-state index in [1.165, 1.54) is 38.9 Å². The fraction of sp³-hybridized carbons (Fsp3) is 0.667. The molecule has 0 amide bonds. The average molecular weight is 326 g/mol. The van der Waals surface area contributed by atoms with Gasteiger partial charge in [-0.15, -0.1) is 0 Å². The van der Waals surface area contributed by atoms with Gasteiger partial charge >= 0.3 is 0 Å². The molecule has 0 radical (unpaired) electrons. The highest BCUT2D eigenvalue weighted by Crippen LogP contribution is 2.15. The molecule has 2 rings (SSSR count). The zero-order valence-corrected chi connectivity index (χ0v) is 13.3. The Morgan fingerprint density at radius 1 is 1.37 bits per heavy atom. The molecule has 1 saturated heterocycles. The van der Waals surface area contributed by atoms with Gasteiger partial charge in [-0.2, -0.15) is 0 Å². The lowest BCUT2D eigenvalue weighted by Gasteiger charge is -2.30. The quantitative estimate of drug-likeness (QED) is 0.643. The minimum atomic E-state index is 0.858. The molecule has 1 aliphatic heterocycles. The molecule has 19 heavy (non-hydrogen) atoms. The molecule has 0 bridgehead atoms. The van der Waals surface area contributed by atoms with Crippen LogP contribution in [0.25, 0.3) is 0 Å². The molecule has 1 aromatic heterocycles. The molecular formula is C15H24BrN3. The highest BCUT2D eigenvalue weighted by Gasteiger charge is 2.14. The molecule has 1 aromatic rings. The molecule has 1 aliphatic rings. The maximum atomic E-state index is 4.41. The van der Waals surface area contributed by atoms with Gasteiger partial charge in [0.05, 0.1) is 5.69 Å². The summed E-state index contributed by atoms with van der Waals surface area (Å²) < 4.78 is 0.911. The number of hydrogen-bond acceptors (Lipinski definition) is 3. The zero-order valence-electron chi connectivity index (χ0n) is 11.7. The van der Waals surface area contributed by atoms with Gasteiger partial charge in [-0.1, -0.05) is 13.0 Å². The number of nitrogens with one attached hydrogen (secondary N) is 1. The summed E-state index contributed by atoms with van der Waals surface area (Å²) in [5.41, 5.74) is 1.10. The summed E-state index contributed by atoms with van der Waals surface area (Å²) >= 11 is 3.40. The lowest BCUT2D eigenvalue weighted by Crippen LogP contribution is -2.34. The van der Waals surface area contributed by atoms with Crippen molar-refractivity contribution in [2.75, 3.05) is 26.2 Å². The molecule has 0 spiro atoms. The Morgan fingerprint density at radius 2 is 2.16 bits per heavy atom. The van der Waals surface area contributed by atoms with Crippen molar-refractivity contribution in [2.24, 2.45) is 5.92 Å². The van der Waals surface area contributed by atoms with Gasteiger partial charge in [0.15, 0.2) is 0 Å². The van der Waals surface area contributed by atoms with Gasteiger partial charge in [0.25, 0.3) is 0 Å². The van der Waals surface area contributed by atoms with Crippen molar-refractivity contribution in [3.05, 3.63) is 28.5 Å². The van der Waals surface area contributed by atoms with Gasteiger partial charge in [-0.3, -0.25) is 0 Å². The highest BCUT2D eigenvalue weighted by atomic mass is 79.9. The van der Waals surface area contributed by atoms with Crippen LogP contribution in [0, 0.1) is 5.92 Å². The van der Waals surface area contributed by atoms with Gasteiger partial charge < -0.3 is 10.2 Å². The van der Waals surface area contributed by atoms with Gasteiger partial charge in [0, 0.05) is 6.54 Å².